The highest BCUT2D eigenvalue weighted by Gasteiger charge is 2.34. The predicted molar refractivity (Wildman–Crippen MR) is 186 cm³/mol. The van der Waals surface area contributed by atoms with Crippen LogP contribution in [0.5, 0.6) is 0 Å². The van der Waals surface area contributed by atoms with Crippen LogP contribution in [-0.2, 0) is 43.2 Å². The molecule has 0 bridgehead atoms. The summed E-state index contributed by atoms with van der Waals surface area (Å²) >= 11 is 0. The molecule has 54 heavy (non-hydrogen) atoms. The second-order valence-electron chi connectivity index (χ2n) is 13.0. The number of hydrogen-bond donors (Lipinski definition) is 13. The molecule has 0 radical (unpaired) electrons. The Bertz CT molecular complexity index is 1330. The van der Waals surface area contributed by atoms with Crippen molar-refractivity contribution in [1.29, 1.82) is 0 Å². The van der Waals surface area contributed by atoms with Gasteiger partial charge in [-0.05, 0) is 64.0 Å². The number of aliphatic carboxylic acids is 3. The van der Waals surface area contributed by atoms with Crippen LogP contribution in [0.1, 0.15) is 71.6 Å². The molecule has 0 aliphatic carbocycles. The van der Waals surface area contributed by atoms with Crippen LogP contribution in [0.2, 0.25) is 0 Å². The Morgan fingerprint density at radius 3 is 1.44 bits per heavy atom. The van der Waals surface area contributed by atoms with E-state index in [0.29, 0.717) is 32.2 Å². The molecule has 0 aromatic carbocycles. The van der Waals surface area contributed by atoms with Gasteiger partial charge in [0.25, 0.3) is 0 Å². The molecule has 22 nitrogen and oxygen atoms in total. The minimum Gasteiger partial charge on any atom is -0.481 e. The Morgan fingerprint density at radius 1 is 0.630 bits per heavy atom. The van der Waals surface area contributed by atoms with Crippen molar-refractivity contribution in [3.8, 4) is 0 Å². The van der Waals surface area contributed by atoms with E-state index in [1.165, 1.54) is 0 Å². The van der Waals surface area contributed by atoms with Crippen LogP contribution in [0, 0.1) is 5.92 Å². The first-order valence-electron chi connectivity index (χ1n) is 17.6. The first-order chi connectivity index (χ1) is 25.4. The molecule has 1 fully saturated rings. The van der Waals surface area contributed by atoms with E-state index in [4.69, 9.17) is 10.8 Å². The van der Waals surface area contributed by atoms with Gasteiger partial charge in [0, 0.05) is 12.8 Å². The van der Waals surface area contributed by atoms with Crippen LogP contribution < -0.4 is 43.0 Å². The van der Waals surface area contributed by atoms with Gasteiger partial charge in [-0.1, -0.05) is 13.8 Å². The minimum absolute atomic E-state index is 0.00911. The summed E-state index contributed by atoms with van der Waals surface area (Å²) in [5, 5.41) is 64.3. The van der Waals surface area contributed by atoms with E-state index < -0.39 is 134 Å². The number of hydrogen-bond acceptors (Lipinski definition) is 13. The number of nitrogens with one attached hydrogen (secondary N) is 7. The minimum atomic E-state index is -1.78. The first-order valence-corrected chi connectivity index (χ1v) is 17.6. The molecule has 14 N–H and O–H groups in total. The van der Waals surface area contributed by atoms with Gasteiger partial charge in [-0.3, -0.25) is 38.4 Å². The van der Waals surface area contributed by atoms with Gasteiger partial charge in [0.2, 0.25) is 35.4 Å². The zero-order valence-corrected chi connectivity index (χ0v) is 30.3. The molecule has 1 saturated heterocycles. The number of rotatable bonds is 26. The van der Waals surface area contributed by atoms with Crippen molar-refractivity contribution in [2.75, 3.05) is 26.3 Å². The van der Waals surface area contributed by atoms with E-state index in [1.54, 1.807) is 13.8 Å². The summed E-state index contributed by atoms with van der Waals surface area (Å²) in [6.07, 6.45) is -0.219. The van der Waals surface area contributed by atoms with Crippen LogP contribution in [0.4, 0.5) is 0 Å². The van der Waals surface area contributed by atoms with Gasteiger partial charge in [0.05, 0.1) is 19.3 Å². The molecular weight excluding hydrogens is 720 g/mol. The Hall–Kier alpha value is -4.93. The number of carboxylic acids is 3. The molecule has 0 saturated carbocycles. The van der Waals surface area contributed by atoms with Gasteiger partial charge in [0.1, 0.15) is 36.3 Å². The lowest BCUT2D eigenvalue weighted by Crippen LogP contribution is -2.61. The second-order valence-corrected chi connectivity index (χ2v) is 13.0. The highest BCUT2D eigenvalue weighted by molar-refractivity contribution is 5.97. The lowest BCUT2D eigenvalue weighted by Gasteiger charge is -2.27. The maximum Gasteiger partial charge on any atom is 0.326 e. The Kier molecular flexibility index (Phi) is 21.3. The van der Waals surface area contributed by atoms with Crippen LogP contribution in [0.15, 0.2) is 0 Å². The normalized spacial score (nSPS) is 17.1. The van der Waals surface area contributed by atoms with Gasteiger partial charge < -0.3 is 68.5 Å². The molecule has 1 aliphatic heterocycles. The van der Waals surface area contributed by atoms with Crippen molar-refractivity contribution in [3.05, 3.63) is 0 Å². The fourth-order valence-electron chi connectivity index (χ4n) is 5.26. The van der Waals surface area contributed by atoms with Crippen molar-refractivity contribution in [2.45, 2.75) is 114 Å². The Labute approximate surface area is 311 Å². The summed E-state index contributed by atoms with van der Waals surface area (Å²) in [6, 6.07) is -9.93. The monoisotopic (exact) mass is 774 g/mol. The number of nitrogens with two attached hydrogens (primary N) is 1. The molecule has 1 rings (SSSR count). The summed E-state index contributed by atoms with van der Waals surface area (Å²) in [7, 11) is 0. The molecule has 306 valence electrons. The molecular formula is C32H54N8O14. The van der Waals surface area contributed by atoms with E-state index in [0.717, 1.165) is 0 Å². The lowest BCUT2D eigenvalue weighted by molar-refractivity contribution is -0.143. The van der Waals surface area contributed by atoms with Gasteiger partial charge in [-0.15, -0.1) is 0 Å². The number of aliphatic hydroxyl groups excluding tert-OH is 2. The number of carbonyl (C=O) groups is 9. The number of aliphatic hydroxyl groups is 2. The average molecular weight is 775 g/mol. The van der Waals surface area contributed by atoms with Crippen LogP contribution >= 0.6 is 0 Å². The molecule has 22 heteroatoms. The van der Waals surface area contributed by atoms with Crippen molar-refractivity contribution < 1.29 is 68.7 Å². The van der Waals surface area contributed by atoms with E-state index in [-0.39, 0.29) is 19.4 Å². The number of carboxylic acid groups (broad SMARTS) is 3. The first kappa shape index (κ1) is 47.1. The van der Waals surface area contributed by atoms with Crippen LogP contribution in [0.25, 0.3) is 0 Å². The van der Waals surface area contributed by atoms with E-state index in [9.17, 15) is 63.6 Å². The molecule has 0 unspecified atom stereocenters. The van der Waals surface area contributed by atoms with Crippen molar-refractivity contribution in [1.82, 2.24) is 37.2 Å². The zero-order chi connectivity index (χ0) is 41.0. The fourth-order valence-corrected chi connectivity index (χ4v) is 5.26. The maximum atomic E-state index is 13.3. The predicted octanol–water partition coefficient (Wildman–Crippen LogP) is -4.77. The Balaban J connectivity index is 3.13. The smallest absolute Gasteiger partial charge is 0.326 e. The van der Waals surface area contributed by atoms with Crippen LogP contribution in [0.3, 0.4) is 0 Å². The molecule has 6 amide bonds. The van der Waals surface area contributed by atoms with Crippen molar-refractivity contribution >= 4 is 53.4 Å². The summed E-state index contributed by atoms with van der Waals surface area (Å²) in [5.74, 6) is -10.4. The second kappa shape index (κ2) is 24.4. The third kappa shape index (κ3) is 16.8. The number of amides is 6. The lowest BCUT2D eigenvalue weighted by atomic mass is 10.0. The summed E-state index contributed by atoms with van der Waals surface area (Å²) < 4.78 is 0. The highest BCUT2D eigenvalue weighted by atomic mass is 16.4. The molecule has 1 heterocycles. The quantitative estimate of drug-likeness (QED) is 0.0367. The molecule has 1 aliphatic rings. The molecule has 0 spiro atoms. The third-order valence-electron chi connectivity index (χ3n) is 8.38. The van der Waals surface area contributed by atoms with E-state index in [1.807, 2.05) is 0 Å². The SMILES string of the molecule is CC(C)[C@H](NC(=O)[C@H](CCCCN)NC(=O)[C@H](CO)NC(=O)[C@H](CCC(=O)O)NC(=O)[C@H](CO)NC(=O)[C@H](CCC(=O)O)NC(=O)[C@@H]1CCCN1)C(=O)O. The van der Waals surface area contributed by atoms with Gasteiger partial charge in [-0.25, -0.2) is 4.79 Å². The molecule has 7 atom stereocenters. The zero-order valence-electron chi connectivity index (χ0n) is 30.3. The fraction of sp³-hybridized carbons (Fsp3) is 0.719. The van der Waals surface area contributed by atoms with Gasteiger partial charge in [-0.2, -0.15) is 0 Å². The van der Waals surface area contributed by atoms with Crippen LogP contribution in [-0.4, -0.2) is 147 Å². The molecule has 0 aromatic rings. The van der Waals surface area contributed by atoms with Crippen molar-refractivity contribution in [3.63, 3.8) is 0 Å². The topological polar surface area (TPSA) is 365 Å². The largest absolute Gasteiger partial charge is 0.481 e. The summed E-state index contributed by atoms with van der Waals surface area (Å²) in [5.41, 5.74) is 5.52. The van der Waals surface area contributed by atoms with Crippen molar-refractivity contribution in [2.24, 2.45) is 11.7 Å². The average Bonchev–Trinajstić information content (AvgIpc) is 3.66. The third-order valence-corrected chi connectivity index (χ3v) is 8.38. The van der Waals surface area contributed by atoms with E-state index in [2.05, 4.69) is 37.2 Å². The Morgan fingerprint density at radius 2 is 1.06 bits per heavy atom. The number of unbranched alkanes of at least 4 members (excludes halogenated alkanes) is 1. The standard InChI is InChI=1S/C32H54N8O14/c1-16(2)25(32(53)54)40-29(50)18(6-3-4-12-33)35-30(51)21(14-41)38-28(49)20(9-11-24(45)46)37-31(52)22(15-42)39-27(48)19(8-10-23(43)44)36-26(47)17-7-5-13-34-17/h16-22,25,34,41-42H,3-15,33H2,1-2H3,(H,35,51)(H,36,47)(H,37,52)(H,38,49)(H,39,48)(H,40,50)(H,43,44)(H,45,46)(H,53,54)/t17-,18-,19-,20-,21-,22-,25-/m0/s1. The molecule has 0 aromatic heterocycles. The summed E-state index contributed by atoms with van der Waals surface area (Å²) in [6.45, 7) is 1.84. The highest BCUT2D eigenvalue weighted by Crippen LogP contribution is 2.09. The summed E-state index contributed by atoms with van der Waals surface area (Å²) in [4.78, 5) is 113. The van der Waals surface area contributed by atoms with Gasteiger partial charge >= 0.3 is 17.9 Å². The maximum absolute atomic E-state index is 13.3. The van der Waals surface area contributed by atoms with E-state index >= 15 is 0 Å². The van der Waals surface area contributed by atoms with Gasteiger partial charge in [0.15, 0.2) is 0 Å². The number of carbonyl (C=O) groups excluding carboxylic acids is 6.